The molecule has 1 N–H and O–H groups in total. The molecule has 1 saturated carbocycles. The van der Waals surface area contributed by atoms with Crippen LogP contribution in [0.4, 0.5) is 0 Å². The van der Waals surface area contributed by atoms with Gasteiger partial charge in [0.05, 0.1) is 5.54 Å². The minimum absolute atomic E-state index is 0.0592. The molecule has 1 atom stereocenters. The summed E-state index contributed by atoms with van der Waals surface area (Å²) in [5.74, 6) is 0.752. The lowest BCUT2D eigenvalue weighted by Crippen LogP contribution is -2.52. The number of benzene rings is 1. The summed E-state index contributed by atoms with van der Waals surface area (Å²) in [7, 11) is 0. The summed E-state index contributed by atoms with van der Waals surface area (Å²) in [4.78, 5) is 21.9. The molecular formula is C28H41N7O. The van der Waals surface area contributed by atoms with Gasteiger partial charge in [0.25, 0.3) is 5.56 Å². The minimum atomic E-state index is -0.298. The van der Waals surface area contributed by atoms with Crippen LogP contribution in [0.2, 0.25) is 0 Å². The van der Waals surface area contributed by atoms with E-state index in [1.807, 2.05) is 4.68 Å². The number of pyridine rings is 1. The number of aryl methyl sites for hydroxylation is 2. The summed E-state index contributed by atoms with van der Waals surface area (Å²) >= 11 is 0. The highest BCUT2D eigenvalue weighted by molar-refractivity contribution is 5.83. The van der Waals surface area contributed by atoms with Crippen molar-refractivity contribution >= 4 is 10.9 Å². The highest BCUT2D eigenvalue weighted by Crippen LogP contribution is 2.33. The third kappa shape index (κ3) is 4.73. The van der Waals surface area contributed by atoms with Crippen LogP contribution in [0.15, 0.2) is 23.0 Å². The zero-order valence-electron chi connectivity index (χ0n) is 22.5. The second kappa shape index (κ2) is 10.1. The number of H-pyrrole nitrogens is 1. The predicted molar refractivity (Wildman–Crippen MR) is 143 cm³/mol. The molecule has 194 valence electrons. The Kier molecular flexibility index (Phi) is 7.01. The molecule has 1 aromatic carbocycles. The Balaban J connectivity index is 1.56. The van der Waals surface area contributed by atoms with Gasteiger partial charge in [-0.1, -0.05) is 32.3 Å². The summed E-state index contributed by atoms with van der Waals surface area (Å²) in [5.41, 5.74) is 3.61. The minimum Gasteiger partial charge on any atom is -0.322 e. The van der Waals surface area contributed by atoms with Gasteiger partial charge in [-0.3, -0.25) is 14.6 Å². The lowest BCUT2D eigenvalue weighted by molar-refractivity contribution is 0.0603. The molecule has 3 aromatic rings. The predicted octanol–water partition coefficient (Wildman–Crippen LogP) is 4.32. The van der Waals surface area contributed by atoms with Crippen LogP contribution in [0.25, 0.3) is 10.9 Å². The summed E-state index contributed by atoms with van der Waals surface area (Å²) in [6.45, 7) is 14.5. The summed E-state index contributed by atoms with van der Waals surface area (Å²) in [6.07, 6.45) is 7.59. The topological polar surface area (TPSA) is 82.9 Å². The van der Waals surface area contributed by atoms with Crippen LogP contribution in [0.1, 0.15) is 87.9 Å². The molecule has 1 saturated heterocycles. The summed E-state index contributed by atoms with van der Waals surface area (Å²) in [6, 6.07) is 6.72. The number of nitrogens with zero attached hydrogens (tertiary/aromatic N) is 6. The van der Waals surface area contributed by atoms with Crippen LogP contribution in [0.5, 0.6) is 0 Å². The van der Waals surface area contributed by atoms with E-state index in [0.717, 1.165) is 66.0 Å². The van der Waals surface area contributed by atoms with E-state index in [1.165, 1.54) is 32.1 Å². The van der Waals surface area contributed by atoms with Crippen LogP contribution in [-0.2, 0) is 5.54 Å². The number of rotatable bonds is 6. The highest BCUT2D eigenvalue weighted by atomic mass is 16.1. The monoisotopic (exact) mass is 491 g/mol. The van der Waals surface area contributed by atoms with Gasteiger partial charge >= 0.3 is 0 Å². The quantitative estimate of drug-likeness (QED) is 0.553. The maximum absolute atomic E-state index is 13.6. The first-order valence-corrected chi connectivity index (χ1v) is 13.7. The van der Waals surface area contributed by atoms with Crippen LogP contribution in [0.3, 0.4) is 0 Å². The molecule has 0 unspecified atom stereocenters. The first-order valence-electron chi connectivity index (χ1n) is 13.7. The number of fused-ring (bicyclic) bond motifs is 1. The number of aromatic nitrogens is 5. The average molecular weight is 492 g/mol. The molecule has 0 spiro atoms. The Labute approximate surface area is 214 Å². The largest absolute Gasteiger partial charge is 0.322 e. The molecule has 2 aromatic heterocycles. The van der Waals surface area contributed by atoms with Crippen molar-refractivity contribution in [3.8, 4) is 0 Å². The fourth-order valence-electron chi connectivity index (χ4n) is 6.14. The molecule has 8 heteroatoms. The standard InChI is InChI=1S/C28H41N7O/c1-6-28(4,5)35-26(30-31-32-35)25(34-14-12-33(13-15-34)21-10-8-7-9-11-21)23-18-22-20(3)16-19(2)17-24(22)29-27(23)36/h16-18,21,25H,6-15H2,1-5H3,(H,29,36)/t25-/m1/s1. The molecule has 36 heavy (non-hydrogen) atoms. The molecule has 5 rings (SSSR count). The smallest absolute Gasteiger partial charge is 0.253 e. The zero-order valence-corrected chi connectivity index (χ0v) is 22.5. The number of hydrogen-bond donors (Lipinski definition) is 1. The summed E-state index contributed by atoms with van der Waals surface area (Å²) in [5, 5.41) is 14.1. The Hall–Kier alpha value is -2.58. The van der Waals surface area contributed by atoms with Crippen molar-refractivity contribution in [2.45, 2.75) is 90.8 Å². The van der Waals surface area contributed by atoms with Crippen molar-refractivity contribution in [2.24, 2.45) is 0 Å². The van der Waals surface area contributed by atoms with E-state index in [0.29, 0.717) is 6.04 Å². The molecule has 0 bridgehead atoms. The van der Waals surface area contributed by atoms with Crippen molar-refractivity contribution < 1.29 is 0 Å². The number of piperazine rings is 1. The van der Waals surface area contributed by atoms with Gasteiger partial charge in [-0.25, -0.2) is 4.68 Å². The Morgan fingerprint density at radius 2 is 1.78 bits per heavy atom. The van der Waals surface area contributed by atoms with Crippen molar-refractivity contribution in [1.29, 1.82) is 0 Å². The van der Waals surface area contributed by atoms with Crippen LogP contribution in [-0.4, -0.2) is 67.2 Å². The van der Waals surface area contributed by atoms with Gasteiger partial charge in [0.2, 0.25) is 0 Å². The highest BCUT2D eigenvalue weighted by Gasteiger charge is 2.36. The second-order valence-electron chi connectivity index (χ2n) is 11.5. The molecule has 1 aliphatic carbocycles. The van der Waals surface area contributed by atoms with E-state index in [2.05, 4.69) is 83.1 Å². The third-order valence-corrected chi connectivity index (χ3v) is 8.62. The van der Waals surface area contributed by atoms with Crippen LogP contribution >= 0.6 is 0 Å². The normalized spacial score (nSPS) is 19.7. The molecule has 0 radical (unpaired) electrons. The van der Waals surface area contributed by atoms with Gasteiger partial charge in [-0.2, -0.15) is 0 Å². The first-order chi connectivity index (χ1) is 17.3. The lowest BCUT2D eigenvalue weighted by atomic mass is 9.93. The van der Waals surface area contributed by atoms with E-state index in [-0.39, 0.29) is 17.1 Å². The first kappa shape index (κ1) is 25.1. The van der Waals surface area contributed by atoms with E-state index in [1.54, 1.807) is 0 Å². The van der Waals surface area contributed by atoms with Gasteiger partial charge < -0.3 is 4.98 Å². The van der Waals surface area contributed by atoms with Gasteiger partial charge in [0.15, 0.2) is 5.82 Å². The van der Waals surface area contributed by atoms with Crippen LogP contribution < -0.4 is 5.56 Å². The maximum atomic E-state index is 13.6. The molecule has 8 nitrogen and oxygen atoms in total. The van der Waals surface area contributed by atoms with E-state index in [9.17, 15) is 4.79 Å². The van der Waals surface area contributed by atoms with E-state index < -0.39 is 0 Å². The number of nitrogens with one attached hydrogen (secondary N) is 1. The van der Waals surface area contributed by atoms with E-state index in [4.69, 9.17) is 0 Å². The Morgan fingerprint density at radius 3 is 2.47 bits per heavy atom. The van der Waals surface area contributed by atoms with Crippen molar-refractivity contribution in [3.63, 3.8) is 0 Å². The van der Waals surface area contributed by atoms with Crippen molar-refractivity contribution in [2.75, 3.05) is 26.2 Å². The lowest BCUT2D eigenvalue weighted by Gasteiger charge is -2.43. The third-order valence-electron chi connectivity index (χ3n) is 8.62. The van der Waals surface area contributed by atoms with Gasteiger partial charge in [-0.05, 0) is 80.6 Å². The summed E-state index contributed by atoms with van der Waals surface area (Å²) < 4.78 is 1.94. The van der Waals surface area contributed by atoms with Gasteiger partial charge in [0.1, 0.15) is 6.04 Å². The van der Waals surface area contributed by atoms with Gasteiger partial charge in [-0.15, -0.1) is 5.10 Å². The SMILES string of the molecule is CCC(C)(C)n1nnnc1[C@@H](c1cc2c(C)cc(C)cc2[nH]c1=O)N1CCN(C2CCCCC2)CC1. The fraction of sp³-hybridized carbons (Fsp3) is 0.643. The zero-order chi connectivity index (χ0) is 25.4. The number of aromatic amines is 1. The second-order valence-corrected chi connectivity index (χ2v) is 11.5. The van der Waals surface area contributed by atoms with E-state index >= 15 is 0 Å². The Morgan fingerprint density at radius 1 is 1.06 bits per heavy atom. The molecule has 1 aliphatic heterocycles. The van der Waals surface area contributed by atoms with Crippen molar-refractivity contribution in [1.82, 2.24) is 35.0 Å². The number of hydrogen-bond acceptors (Lipinski definition) is 6. The average Bonchev–Trinajstić information content (AvgIpc) is 3.36. The molecule has 0 amide bonds. The van der Waals surface area contributed by atoms with Gasteiger partial charge in [0, 0.05) is 48.7 Å². The molecular weight excluding hydrogens is 450 g/mol. The van der Waals surface area contributed by atoms with Crippen molar-refractivity contribution in [3.05, 3.63) is 51.1 Å². The van der Waals surface area contributed by atoms with Crippen LogP contribution in [0, 0.1) is 13.8 Å². The number of tetrazole rings is 1. The Bertz CT molecular complexity index is 1260. The molecule has 2 aliphatic rings. The molecule has 3 heterocycles. The fourth-order valence-corrected chi connectivity index (χ4v) is 6.14. The maximum Gasteiger partial charge on any atom is 0.253 e. The molecule has 2 fully saturated rings.